The summed E-state index contributed by atoms with van der Waals surface area (Å²) in [7, 11) is 0. The first kappa shape index (κ1) is 14.3. The third-order valence-corrected chi connectivity index (χ3v) is 5.49. The van der Waals surface area contributed by atoms with Gasteiger partial charge in [-0.05, 0) is 43.9 Å². The van der Waals surface area contributed by atoms with E-state index in [-0.39, 0.29) is 0 Å². The van der Waals surface area contributed by atoms with Crippen molar-refractivity contribution in [1.29, 1.82) is 0 Å². The molecule has 18 heavy (non-hydrogen) atoms. The highest BCUT2D eigenvalue weighted by molar-refractivity contribution is 4.91. The lowest BCUT2D eigenvalue weighted by molar-refractivity contribution is 0.0382. The van der Waals surface area contributed by atoms with E-state index in [4.69, 9.17) is 0 Å². The van der Waals surface area contributed by atoms with Crippen LogP contribution >= 0.6 is 0 Å². The van der Waals surface area contributed by atoms with E-state index in [1.54, 1.807) is 0 Å². The summed E-state index contributed by atoms with van der Waals surface area (Å²) < 4.78 is 0. The van der Waals surface area contributed by atoms with Gasteiger partial charge in [0.2, 0.25) is 0 Å². The van der Waals surface area contributed by atoms with Gasteiger partial charge in [-0.1, -0.05) is 27.7 Å². The molecule has 1 saturated heterocycles. The largest absolute Gasteiger partial charge is 0.311 e. The second-order valence-corrected chi connectivity index (χ2v) is 7.23. The zero-order valence-electron chi connectivity index (χ0n) is 12.9. The Morgan fingerprint density at radius 3 is 2.39 bits per heavy atom. The van der Waals surface area contributed by atoms with Gasteiger partial charge in [0.05, 0.1) is 0 Å². The van der Waals surface area contributed by atoms with Crippen molar-refractivity contribution in [2.24, 2.45) is 17.8 Å². The normalized spacial score (nSPS) is 43.3. The zero-order chi connectivity index (χ0) is 13.3. The Labute approximate surface area is 114 Å². The molecule has 0 bridgehead atoms. The van der Waals surface area contributed by atoms with Crippen LogP contribution < -0.4 is 5.32 Å². The molecule has 5 atom stereocenters. The van der Waals surface area contributed by atoms with E-state index >= 15 is 0 Å². The molecule has 0 spiro atoms. The summed E-state index contributed by atoms with van der Waals surface area (Å²) >= 11 is 0. The quantitative estimate of drug-likeness (QED) is 0.812. The van der Waals surface area contributed by atoms with Crippen molar-refractivity contribution in [3.63, 3.8) is 0 Å². The van der Waals surface area contributed by atoms with Crippen LogP contribution in [0.25, 0.3) is 0 Å². The minimum Gasteiger partial charge on any atom is -0.311 e. The monoisotopic (exact) mass is 252 g/mol. The van der Waals surface area contributed by atoms with E-state index in [9.17, 15) is 0 Å². The molecule has 1 N–H and O–H groups in total. The van der Waals surface area contributed by atoms with Crippen LogP contribution in [0.1, 0.15) is 53.9 Å². The van der Waals surface area contributed by atoms with Crippen LogP contribution in [0, 0.1) is 17.8 Å². The molecule has 1 heterocycles. The molecule has 0 radical (unpaired) electrons. The maximum atomic E-state index is 3.72. The van der Waals surface area contributed by atoms with Crippen LogP contribution in [0.5, 0.6) is 0 Å². The lowest BCUT2D eigenvalue weighted by Crippen LogP contribution is -2.60. The number of hydrogen-bond donors (Lipinski definition) is 1. The van der Waals surface area contributed by atoms with Gasteiger partial charge in [-0.2, -0.15) is 0 Å². The summed E-state index contributed by atoms with van der Waals surface area (Å²) in [4.78, 5) is 2.81. The molecular weight excluding hydrogens is 220 g/mol. The van der Waals surface area contributed by atoms with E-state index in [1.165, 1.54) is 32.4 Å². The molecule has 0 amide bonds. The lowest BCUT2D eigenvalue weighted by Gasteiger charge is -2.47. The fourth-order valence-electron chi connectivity index (χ4n) is 3.69. The zero-order valence-corrected chi connectivity index (χ0v) is 12.9. The minimum absolute atomic E-state index is 0.691. The number of rotatable bonds is 2. The van der Waals surface area contributed by atoms with Crippen molar-refractivity contribution in [3.8, 4) is 0 Å². The number of nitrogens with one attached hydrogen (secondary N) is 1. The molecule has 2 heteroatoms. The van der Waals surface area contributed by atoms with Crippen LogP contribution in [-0.2, 0) is 0 Å². The molecule has 2 nitrogen and oxygen atoms in total. The van der Waals surface area contributed by atoms with Crippen molar-refractivity contribution in [1.82, 2.24) is 10.2 Å². The van der Waals surface area contributed by atoms with Crippen LogP contribution in [-0.4, -0.2) is 36.1 Å². The van der Waals surface area contributed by atoms with E-state index in [0.29, 0.717) is 12.1 Å². The van der Waals surface area contributed by atoms with E-state index < -0.39 is 0 Å². The average Bonchev–Trinajstić information content (AvgIpc) is 2.33. The summed E-state index contributed by atoms with van der Waals surface area (Å²) in [6.07, 6.45) is 4.26. The lowest BCUT2D eigenvalue weighted by atomic mass is 9.78. The number of piperazine rings is 1. The molecule has 1 aliphatic carbocycles. The molecule has 0 aromatic carbocycles. The van der Waals surface area contributed by atoms with Gasteiger partial charge in [0.15, 0.2) is 0 Å². The van der Waals surface area contributed by atoms with Gasteiger partial charge >= 0.3 is 0 Å². The Morgan fingerprint density at radius 2 is 1.78 bits per heavy atom. The van der Waals surface area contributed by atoms with Gasteiger partial charge in [-0.15, -0.1) is 0 Å². The molecule has 1 aliphatic heterocycles. The van der Waals surface area contributed by atoms with Crippen molar-refractivity contribution in [2.45, 2.75) is 72.0 Å². The third kappa shape index (κ3) is 3.08. The third-order valence-electron chi connectivity index (χ3n) is 5.49. The summed E-state index contributed by atoms with van der Waals surface area (Å²) in [6.45, 7) is 14.4. The fraction of sp³-hybridized carbons (Fsp3) is 1.00. The van der Waals surface area contributed by atoms with Gasteiger partial charge in [0, 0.05) is 31.2 Å². The summed E-state index contributed by atoms with van der Waals surface area (Å²) in [6, 6.07) is 2.25. The molecule has 0 aromatic rings. The van der Waals surface area contributed by atoms with Crippen molar-refractivity contribution in [3.05, 3.63) is 0 Å². The molecule has 5 unspecified atom stereocenters. The highest BCUT2D eigenvalue weighted by Gasteiger charge is 2.35. The van der Waals surface area contributed by atoms with Gasteiger partial charge in [0.1, 0.15) is 0 Å². The Kier molecular flexibility index (Phi) is 4.71. The van der Waals surface area contributed by atoms with Crippen molar-refractivity contribution in [2.75, 3.05) is 13.1 Å². The maximum absolute atomic E-state index is 3.72. The molecule has 106 valence electrons. The SMILES string of the molecule is CC(C)C1CN(C2CCC(C)C(C)C2)C(C)CN1. The second kappa shape index (κ2) is 5.92. The van der Waals surface area contributed by atoms with E-state index in [0.717, 1.165) is 23.8 Å². The fourth-order valence-corrected chi connectivity index (χ4v) is 3.69. The first-order valence-corrected chi connectivity index (χ1v) is 7.98. The maximum Gasteiger partial charge on any atom is 0.0218 e. The van der Waals surface area contributed by atoms with Gasteiger partial charge in [-0.25, -0.2) is 0 Å². The number of hydrogen-bond acceptors (Lipinski definition) is 2. The molecule has 1 saturated carbocycles. The molecule has 2 fully saturated rings. The topological polar surface area (TPSA) is 15.3 Å². The smallest absolute Gasteiger partial charge is 0.0218 e. The Hall–Kier alpha value is -0.0800. The molecule has 2 aliphatic rings. The molecule has 0 aromatic heterocycles. The van der Waals surface area contributed by atoms with Gasteiger partial charge < -0.3 is 5.32 Å². The van der Waals surface area contributed by atoms with Gasteiger partial charge in [-0.3, -0.25) is 4.90 Å². The molecular formula is C16H32N2. The van der Waals surface area contributed by atoms with E-state index in [1.807, 2.05) is 0 Å². The first-order valence-electron chi connectivity index (χ1n) is 7.98. The second-order valence-electron chi connectivity index (χ2n) is 7.23. The molecule has 2 rings (SSSR count). The van der Waals surface area contributed by atoms with Crippen LogP contribution in [0.3, 0.4) is 0 Å². The van der Waals surface area contributed by atoms with Crippen LogP contribution in [0.2, 0.25) is 0 Å². The van der Waals surface area contributed by atoms with Crippen LogP contribution in [0.4, 0.5) is 0 Å². The minimum atomic E-state index is 0.691. The first-order chi connectivity index (χ1) is 8.49. The summed E-state index contributed by atoms with van der Waals surface area (Å²) in [5, 5.41) is 3.72. The Morgan fingerprint density at radius 1 is 1.06 bits per heavy atom. The van der Waals surface area contributed by atoms with E-state index in [2.05, 4.69) is 44.8 Å². The average molecular weight is 252 g/mol. The number of nitrogens with zero attached hydrogens (tertiary/aromatic N) is 1. The van der Waals surface area contributed by atoms with Crippen molar-refractivity contribution < 1.29 is 0 Å². The van der Waals surface area contributed by atoms with Gasteiger partial charge in [0.25, 0.3) is 0 Å². The Bertz CT molecular complexity index is 264. The highest BCUT2D eigenvalue weighted by atomic mass is 15.3. The highest BCUT2D eigenvalue weighted by Crippen LogP contribution is 2.33. The standard InChI is InChI=1S/C16H32N2/c1-11(2)16-10-18(14(5)9-17-16)15-7-6-12(3)13(4)8-15/h11-17H,6-10H2,1-5H3. The van der Waals surface area contributed by atoms with Crippen LogP contribution in [0.15, 0.2) is 0 Å². The summed E-state index contributed by atoms with van der Waals surface area (Å²) in [5.74, 6) is 2.59. The summed E-state index contributed by atoms with van der Waals surface area (Å²) in [5.41, 5.74) is 0. The predicted octanol–water partition coefficient (Wildman–Crippen LogP) is 3.13. The Balaban J connectivity index is 1.97. The van der Waals surface area contributed by atoms with Crippen molar-refractivity contribution >= 4 is 0 Å². The predicted molar refractivity (Wildman–Crippen MR) is 78.8 cm³/mol.